The average molecular weight is 269 g/mol. The van der Waals surface area contributed by atoms with E-state index in [1.807, 2.05) is 25.2 Å². The van der Waals surface area contributed by atoms with Crippen LogP contribution in [0.15, 0.2) is 42.7 Å². The van der Waals surface area contributed by atoms with E-state index in [9.17, 15) is 4.79 Å². The van der Waals surface area contributed by atoms with Gasteiger partial charge in [-0.05, 0) is 18.4 Å². The van der Waals surface area contributed by atoms with Crippen molar-refractivity contribution in [1.82, 2.24) is 14.9 Å². The van der Waals surface area contributed by atoms with Crippen LogP contribution in [0.25, 0.3) is 0 Å². The molecule has 0 aliphatic heterocycles. The minimum atomic E-state index is -0.317. The topological polar surface area (TPSA) is 49.0 Å². The zero-order valence-electron chi connectivity index (χ0n) is 11.7. The summed E-state index contributed by atoms with van der Waals surface area (Å²) < 4.78 is 0. The quantitative estimate of drug-likeness (QED) is 0.927. The molecule has 104 valence electrons. The highest BCUT2D eigenvalue weighted by Gasteiger charge is 2.46. The van der Waals surface area contributed by atoms with Crippen LogP contribution in [0.3, 0.4) is 0 Å². The highest BCUT2D eigenvalue weighted by Crippen LogP contribution is 2.45. The molecule has 1 aromatic heterocycles. The van der Waals surface area contributed by atoms with Gasteiger partial charge in [0.05, 0.1) is 12.0 Å². The second-order valence-electron chi connectivity index (χ2n) is 5.50. The zero-order chi connectivity index (χ0) is 14.0. The first-order chi connectivity index (χ1) is 9.72. The van der Waals surface area contributed by atoms with Crippen molar-refractivity contribution in [3.8, 4) is 0 Å². The number of hydrogen-bond acceptors (Lipinski definition) is 2. The fourth-order valence-corrected chi connectivity index (χ4v) is 2.96. The van der Waals surface area contributed by atoms with E-state index in [1.165, 1.54) is 0 Å². The maximum atomic E-state index is 12.9. The number of nitrogens with zero attached hydrogens (tertiary/aromatic N) is 2. The molecule has 4 nitrogen and oxygen atoms in total. The molecule has 1 fully saturated rings. The summed E-state index contributed by atoms with van der Waals surface area (Å²) in [6.45, 7) is 0.528. The molecular formula is C16H19N3O. The van der Waals surface area contributed by atoms with E-state index in [1.54, 1.807) is 17.3 Å². The smallest absolute Gasteiger partial charge is 0.233 e. The van der Waals surface area contributed by atoms with Gasteiger partial charge in [0.1, 0.15) is 5.82 Å². The zero-order valence-corrected chi connectivity index (χ0v) is 11.7. The summed E-state index contributed by atoms with van der Waals surface area (Å²) in [6, 6.07) is 10.1. The van der Waals surface area contributed by atoms with Crippen molar-refractivity contribution < 1.29 is 4.79 Å². The molecule has 1 aromatic carbocycles. The van der Waals surface area contributed by atoms with Gasteiger partial charge in [-0.1, -0.05) is 36.8 Å². The van der Waals surface area contributed by atoms with E-state index < -0.39 is 0 Å². The molecule has 0 radical (unpaired) electrons. The first-order valence-corrected chi connectivity index (χ1v) is 7.02. The van der Waals surface area contributed by atoms with Crippen LogP contribution in [0.5, 0.6) is 0 Å². The van der Waals surface area contributed by atoms with Crippen LogP contribution in [0.4, 0.5) is 0 Å². The number of aromatic nitrogens is 2. The van der Waals surface area contributed by atoms with Crippen LogP contribution in [-0.4, -0.2) is 27.8 Å². The molecule has 20 heavy (non-hydrogen) atoms. The number of likely N-dealkylation sites (N-methyl/N-ethyl adjacent to an activating group) is 1. The lowest BCUT2D eigenvalue weighted by molar-refractivity contribution is -0.140. The molecule has 2 aromatic rings. The lowest BCUT2D eigenvalue weighted by Crippen LogP contribution is -2.49. The van der Waals surface area contributed by atoms with Gasteiger partial charge >= 0.3 is 0 Å². The molecule has 1 aliphatic carbocycles. The van der Waals surface area contributed by atoms with Gasteiger partial charge in [0.2, 0.25) is 5.91 Å². The third-order valence-corrected chi connectivity index (χ3v) is 4.23. The summed E-state index contributed by atoms with van der Waals surface area (Å²) in [5, 5.41) is 0. The predicted octanol–water partition coefficient (Wildman–Crippen LogP) is 2.49. The number of benzene rings is 1. The Bertz CT molecular complexity index is 573. The van der Waals surface area contributed by atoms with E-state index in [-0.39, 0.29) is 11.3 Å². The van der Waals surface area contributed by atoms with E-state index in [4.69, 9.17) is 0 Å². The van der Waals surface area contributed by atoms with Crippen molar-refractivity contribution in [2.45, 2.75) is 31.2 Å². The van der Waals surface area contributed by atoms with Crippen molar-refractivity contribution in [2.75, 3.05) is 7.05 Å². The van der Waals surface area contributed by atoms with Crippen LogP contribution in [0.1, 0.15) is 30.7 Å². The van der Waals surface area contributed by atoms with Gasteiger partial charge in [0, 0.05) is 19.4 Å². The van der Waals surface area contributed by atoms with E-state index in [0.717, 1.165) is 30.7 Å². The summed E-state index contributed by atoms with van der Waals surface area (Å²) >= 11 is 0. The third-order valence-electron chi connectivity index (χ3n) is 4.23. The van der Waals surface area contributed by atoms with Gasteiger partial charge in [-0.2, -0.15) is 0 Å². The van der Waals surface area contributed by atoms with Crippen LogP contribution in [-0.2, 0) is 16.8 Å². The largest absolute Gasteiger partial charge is 0.347 e. The number of aromatic amines is 1. The summed E-state index contributed by atoms with van der Waals surface area (Å²) in [4.78, 5) is 21.9. The van der Waals surface area contributed by atoms with Crippen LogP contribution in [0, 0.1) is 0 Å². The van der Waals surface area contributed by atoms with E-state index in [2.05, 4.69) is 22.1 Å². The maximum Gasteiger partial charge on any atom is 0.233 e. The molecule has 0 saturated heterocycles. The summed E-state index contributed by atoms with van der Waals surface area (Å²) in [6.07, 6.45) is 6.50. The van der Waals surface area contributed by atoms with Gasteiger partial charge in [-0.25, -0.2) is 4.98 Å². The molecule has 1 aliphatic rings. The highest BCUT2D eigenvalue weighted by molar-refractivity contribution is 5.89. The second kappa shape index (κ2) is 5.12. The molecule has 3 rings (SSSR count). The number of imidazole rings is 1. The average Bonchev–Trinajstić information content (AvgIpc) is 2.91. The number of hydrogen-bond donors (Lipinski definition) is 1. The SMILES string of the molecule is CN(Cc1ncc[nH]1)C(=O)C1(c2ccccc2)CCC1. The number of rotatable bonds is 4. The molecule has 1 heterocycles. The van der Waals surface area contributed by atoms with Crippen molar-refractivity contribution in [2.24, 2.45) is 0 Å². The third kappa shape index (κ3) is 2.11. The van der Waals surface area contributed by atoms with Gasteiger partial charge < -0.3 is 9.88 Å². The first kappa shape index (κ1) is 12.9. The Labute approximate surface area is 118 Å². The van der Waals surface area contributed by atoms with Gasteiger partial charge in [-0.3, -0.25) is 4.79 Å². The normalized spacial score (nSPS) is 16.4. The summed E-state index contributed by atoms with van der Waals surface area (Å²) in [5.74, 6) is 1.02. The number of H-pyrrole nitrogens is 1. The Balaban J connectivity index is 1.81. The highest BCUT2D eigenvalue weighted by atomic mass is 16.2. The number of amides is 1. The van der Waals surface area contributed by atoms with Crippen molar-refractivity contribution >= 4 is 5.91 Å². The second-order valence-corrected chi connectivity index (χ2v) is 5.50. The van der Waals surface area contributed by atoms with Crippen molar-refractivity contribution in [1.29, 1.82) is 0 Å². The van der Waals surface area contributed by atoms with E-state index >= 15 is 0 Å². The standard InChI is InChI=1S/C16H19N3O/c1-19(12-14-17-10-11-18-14)15(20)16(8-5-9-16)13-6-3-2-4-7-13/h2-4,6-7,10-11H,5,8-9,12H2,1H3,(H,17,18). The molecule has 1 saturated carbocycles. The summed E-state index contributed by atoms with van der Waals surface area (Å²) in [7, 11) is 1.86. The Morgan fingerprint density at radius 1 is 1.35 bits per heavy atom. The lowest BCUT2D eigenvalue weighted by Gasteiger charge is -2.43. The van der Waals surface area contributed by atoms with Crippen LogP contribution < -0.4 is 0 Å². The Morgan fingerprint density at radius 3 is 2.65 bits per heavy atom. The molecular weight excluding hydrogens is 250 g/mol. The summed E-state index contributed by atoms with van der Waals surface area (Å²) in [5.41, 5.74) is 0.824. The fraction of sp³-hybridized carbons (Fsp3) is 0.375. The molecule has 0 bridgehead atoms. The van der Waals surface area contributed by atoms with Gasteiger partial charge in [-0.15, -0.1) is 0 Å². The number of nitrogens with one attached hydrogen (secondary N) is 1. The minimum absolute atomic E-state index is 0.200. The van der Waals surface area contributed by atoms with E-state index in [0.29, 0.717) is 6.54 Å². The molecule has 1 amide bonds. The first-order valence-electron chi connectivity index (χ1n) is 7.02. The van der Waals surface area contributed by atoms with Gasteiger partial charge in [0.15, 0.2) is 0 Å². The number of carbonyl (C=O) groups is 1. The van der Waals surface area contributed by atoms with Crippen LogP contribution in [0.2, 0.25) is 0 Å². The molecule has 0 atom stereocenters. The molecule has 0 spiro atoms. The van der Waals surface area contributed by atoms with Crippen LogP contribution >= 0.6 is 0 Å². The monoisotopic (exact) mass is 269 g/mol. The lowest BCUT2D eigenvalue weighted by atomic mass is 9.63. The molecule has 4 heteroatoms. The van der Waals surface area contributed by atoms with Gasteiger partial charge in [0.25, 0.3) is 0 Å². The Morgan fingerprint density at radius 2 is 2.10 bits per heavy atom. The van der Waals surface area contributed by atoms with Crippen molar-refractivity contribution in [3.63, 3.8) is 0 Å². The number of carbonyl (C=O) groups excluding carboxylic acids is 1. The Kier molecular flexibility index (Phi) is 3.30. The fourth-order valence-electron chi connectivity index (χ4n) is 2.96. The minimum Gasteiger partial charge on any atom is -0.347 e. The maximum absolute atomic E-state index is 12.9. The molecule has 1 N–H and O–H groups in total. The van der Waals surface area contributed by atoms with Crippen molar-refractivity contribution in [3.05, 3.63) is 54.1 Å². The predicted molar refractivity (Wildman–Crippen MR) is 77.0 cm³/mol. The Hall–Kier alpha value is -2.10. The molecule has 0 unspecified atom stereocenters.